The topological polar surface area (TPSA) is 34.9 Å². The molecule has 5 rings (SSSR count). The number of aryl methyl sites for hydroxylation is 1. The summed E-state index contributed by atoms with van der Waals surface area (Å²) in [6.07, 6.45) is 2.84. The number of rotatable bonds is 2. The van der Waals surface area contributed by atoms with Crippen molar-refractivity contribution in [3.63, 3.8) is 0 Å². The van der Waals surface area contributed by atoms with Gasteiger partial charge in [0.15, 0.2) is 0 Å². The first-order valence-corrected chi connectivity index (χ1v) is 10.4. The maximum absolute atomic E-state index is 13.4. The van der Waals surface area contributed by atoms with Crippen LogP contribution in [-0.2, 0) is 6.54 Å². The van der Waals surface area contributed by atoms with Gasteiger partial charge in [-0.05, 0) is 42.2 Å². The molecule has 0 spiro atoms. The molecular formula is C23H17ClN2OS. The first kappa shape index (κ1) is 17.4. The lowest BCUT2D eigenvalue weighted by molar-refractivity contribution is 0.726. The Morgan fingerprint density at radius 2 is 1.86 bits per heavy atom. The van der Waals surface area contributed by atoms with Gasteiger partial charge in [-0.3, -0.25) is 9.36 Å². The monoisotopic (exact) mass is 404 g/mol. The Morgan fingerprint density at radius 3 is 2.64 bits per heavy atom. The lowest BCUT2D eigenvalue weighted by Gasteiger charge is -2.06. The van der Waals surface area contributed by atoms with Crippen LogP contribution in [0.1, 0.15) is 22.7 Å². The van der Waals surface area contributed by atoms with Gasteiger partial charge in [0.05, 0.1) is 5.39 Å². The fourth-order valence-electron chi connectivity index (χ4n) is 3.86. The van der Waals surface area contributed by atoms with Gasteiger partial charge in [0.2, 0.25) is 0 Å². The van der Waals surface area contributed by atoms with E-state index in [1.807, 2.05) is 47.0 Å². The number of allylic oxidation sites excluding steroid dienone is 1. The quantitative estimate of drug-likeness (QED) is 0.408. The molecule has 0 atom stereocenters. The third-order valence-electron chi connectivity index (χ3n) is 5.18. The molecule has 28 heavy (non-hydrogen) atoms. The highest BCUT2D eigenvalue weighted by Crippen LogP contribution is 2.37. The Labute approximate surface area is 171 Å². The van der Waals surface area contributed by atoms with E-state index in [1.165, 1.54) is 0 Å². The van der Waals surface area contributed by atoms with Gasteiger partial charge in [0, 0.05) is 22.0 Å². The fraction of sp³-hybridized carbons (Fsp3) is 0.130. The molecule has 0 bridgehead atoms. The van der Waals surface area contributed by atoms with Crippen molar-refractivity contribution in [1.29, 1.82) is 0 Å². The zero-order valence-corrected chi connectivity index (χ0v) is 16.8. The van der Waals surface area contributed by atoms with E-state index in [1.54, 1.807) is 11.3 Å². The van der Waals surface area contributed by atoms with Gasteiger partial charge >= 0.3 is 0 Å². The Morgan fingerprint density at radius 1 is 1.11 bits per heavy atom. The van der Waals surface area contributed by atoms with Crippen molar-refractivity contribution in [2.75, 3.05) is 0 Å². The zero-order chi connectivity index (χ0) is 19.3. The van der Waals surface area contributed by atoms with Crippen LogP contribution in [0.2, 0.25) is 5.02 Å². The summed E-state index contributed by atoms with van der Waals surface area (Å²) in [7, 11) is 0. The summed E-state index contributed by atoms with van der Waals surface area (Å²) in [6.45, 7) is 2.71. The molecule has 138 valence electrons. The Hall–Kier alpha value is -2.69. The van der Waals surface area contributed by atoms with Gasteiger partial charge in [0.25, 0.3) is 5.56 Å². The molecule has 2 aromatic heterocycles. The molecule has 0 N–H and O–H groups in total. The lowest BCUT2D eigenvalue weighted by atomic mass is 10.0. The van der Waals surface area contributed by atoms with Gasteiger partial charge in [-0.15, -0.1) is 11.3 Å². The highest BCUT2D eigenvalue weighted by Gasteiger charge is 2.24. The number of hydrogen-bond acceptors (Lipinski definition) is 3. The van der Waals surface area contributed by atoms with Crippen LogP contribution in [0.3, 0.4) is 0 Å². The standard InChI is InChI=1S/C23H17ClN2OS/c1-14-19(15-7-3-2-4-8-15)20-22(28-14)25-21-17(11-12-26(21)23(20)27)13-16-9-5-6-10-18(16)24/h2-10,13H,11-12H2,1H3/b17-13-. The Bertz CT molecular complexity index is 1300. The first-order chi connectivity index (χ1) is 13.6. The van der Waals surface area contributed by atoms with E-state index < -0.39 is 0 Å². The minimum absolute atomic E-state index is 0.0470. The normalized spacial score (nSPS) is 14.7. The summed E-state index contributed by atoms with van der Waals surface area (Å²) in [5.41, 5.74) is 4.13. The highest BCUT2D eigenvalue weighted by atomic mass is 35.5. The van der Waals surface area contributed by atoms with Crippen molar-refractivity contribution in [3.8, 4) is 11.1 Å². The van der Waals surface area contributed by atoms with Crippen molar-refractivity contribution in [1.82, 2.24) is 9.55 Å². The van der Waals surface area contributed by atoms with E-state index in [2.05, 4.69) is 25.1 Å². The number of thiophene rings is 1. The molecule has 0 aliphatic carbocycles. The van der Waals surface area contributed by atoms with Crippen LogP contribution in [0, 0.1) is 6.92 Å². The highest BCUT2D eigenvalue weighted by molar-refractivity contribution is 7.19. The smallest absolute Gasteiger partial charge is 0.263 e. The SMILES string of the molecule is Cc1sc2nc3n(c(=O)c2c1-c1ccccc1)CC/C3=C/c1ccccc1Cl. The van der Waals surface area contributed by atoms with E-state index in [-0.39, 0.29) is 5.56 Å². The third kappa shape index (κ3) is 2.72. The summed E-state index contributed by atoms with van der Waals surface area (Å²) in [5.74, 6) is 0.762. The van der Waals surface area contributed by atoms with Crippen LogP contribution >= 0.6 is 22.9 Å². The maximum atomic E-state index is 13.4. The van der Waals surface area contributed by atoms with Crippen LogP contribution in [0.5, 0.6) is 0 Å². The molecule has 0 saturated carbocycles. The van der Waals surface area contributed by atoms with E-state index in [4.69, 9.17) is 16.6 Å². The van der Waals surface area contributed by atoms with Crippen molar-refractivity contribution < 1.29 is 0 Å². The van der Waals surface area contributed by atoms with Crippen molar-refractivity contribution in [2.45, 2.75) is 19.9 Å². The third-order valence-corrected chi connectivity index (χ3v) is 6.52. The molecule has 0 amide bonds. The number of benzene rings is 2. The second kappa shape index (κ2) is 6.73. The van der Waals surface area contributed by atoms with E-state index in [0.717, 1.165) is 49.6 Å². The molecule has 4 aromatic rings. The number of aromatic nitrogens is 2. The largest absolute Gasteiger partial charge is 0.292 e. The summed E-state index contributed by atoms with van der Waals surface area (Å²) >= 11 is 7.90. The second-order valence-electron chi connectivity index (χ2n) is 6.91. The number of fused-ring (bicyclic) bond motifs is 2. The Balaban J connectivity index is 1.73. The molecule has 2 aromatic carbocycles. The molecule has 5 heteroatoms. The van der Waals surface area contributed by atoms with E-state index in [9.17, 15) is 4.79 Å². The predicted octanol–water partition coefficient (Wildman–Crippen LogP) is 6.03. The number of nitrogens with zero attached hydrogens (tertiary/aromatic N) is 2. The molecule has 1 aliphatic rings. The van der Waals surface area contributed by atoms with Gasteiger partial charge in [-0.25, -0.2) is 4.98 Å². The number of hydrogen-bond donors (Lipinski definition) is 0. The molecule has 0 radical (unpaired) electrons. The van der Waals surface area contributed by atoms with Gasteiger partial charge < -0.3 is 0 Å². The summed E-state index contributed by atoms with van der Waals surface area (Å²) in [5, 5.41) is 1.44. The molecule has 0 unspecified atom stereocenters. The van der Waals surface area contributed by atoms with Gasteiger partial charge in [-0.1, -0.05) is 60.1 Å². The van der Waals surface area contributed by atoms with Gasteiger partial charge in [-0.2, -0.15) is 0 Å². The van der Waals surface area contributed by atoms with Crippen LogP contribution in [0.15, 0.2) is 59.4 Å². The van der Waals surface area contributed by atoms with Crippen molar-refractivity contribution in [2.24, 2.45) is 0 Å². The fourth-order valence-corrected chi connectivity index (χ4v) is 5.09. The summed E-state index contributed by atoms with van der Waals surface area (Å²) in [4.78, 5) is 20.2. The number of halogens is 1. The molecule has 3 heterocycles. The average Bonchev–Trinajstić information content (AvgIpc) is 3.25. The first-order valence-electron chi connectivity index (χ1n) is 9.18. The zero-order valence-electron chi connectivity index (χ0n) is 15.3. The molecule has 3 nitrogen and oxygen atoms in total. The molecule has 0 saturated heterocycles. The summed E-state index contributed by atoms with van der Waals surface area (Å²) < 4.78 is 1.81. The second-order valence-corrected chi connectivity index (χ2v) is 8.52. The van der Waals surface area contributed by atoms with Crippen LogP contribution in [0.25, 0.3) is 33.0 Å². The maximum Gasteiger partial charge on any atom is 0.263 e. The minimum Gasteiger partial charge on any atom is -0.292 e. The Kier molecular flexibility index (Phi) is 4.18. The van der Waals surface area contributed by atoms with E-state index in [0.29, 0.717) is 11.6 Å². The summed E-state index contributed by atoms with van der Waals surface area (Å²) in [6, 6.07) is 17.8. The lowest BCUT2D eigenvalue weighted by Crippen LogP contribution is -2.20. The average molecular weight is 405 g/mol. The molecule has 0 fully saturated rings. The van der Waals surface area contributed by atoms with Crippen LogP contribution in [0.4, 0.5) is 0 Å². The molecular weight excluding hydrogens is 388 g/mol. The van der Waals surface area contributed by atoms with Gasteiger partial charge in [0.1, 0.15) is 10.7 Å². The molecule has 1 aliphatic heterocycles. The minimum atomic E-state index is 0.0470. The van der Waals surface area contributed by atoms with Crippen molar-refractivity contribution in [3.05, 3.63) is 86.2 Å². The van der Waals surface area contributed by atoms with E-state index >= 15 is 0 Å². The predicted molar refractivity (Wildman–Crippen MR) is 118 cm³/mol. The van der Waals surface area contributed by atoms with Crippen LogP contribution in [-0.4, -0.2) is 9.55 Å². The van der Waals surface area contributed by atoms with Crippen molar-refractivity contribution >= 4 is 44.8 Å². The van der Waals surface area contributed by atoms with Crippen LogP contribution < -0.4 is 5.56 Å².